The summed E-state index contributed by atoms with van der Waals surface area (Å²) in [6.45, 7) is 11.9. The van der Waals surface area contributed by atoms with Crippen LogP contribution in [-0.2, 0) is 14.3 Å². The van der Waals surface area contributed by atoms with Crippen molar-refractivity contribution in [2.75, 3.05) is 44.4 Å². The molecule has 154 valence electrons. The average molecular weight is 401 g/mol. The van der Waals surface area contributed by atoms with Crippen molar-refractivity contribution >= 4 is 23.5 Å². The first kappa shape index (κ1) is 21.8. The van der Waals surface area contributed by atoms with Crippen LogP contribution in [0.4, 0.5) is 5.82 Å². The fourth-order valence-corrected chi connectivity index (χ4v) is 3.05. The van der Waals surface area contributed by atoms with Gasteiger partial charge >= 0.3 is 5.97 Å². The summed E-state index contributed by atoms with van der Waals surface area (Å²) in [5, 5.41) is 3.37. The second-order valence-electron chi connectivity index (χ2n) is 7.65. The molecule has 0 unspecified atom stereocenters. The van der Waals surface area contributed by atoms with Crippen molar-refractivity contribution in [2.45, 2.75) is 58.6 Å². The van der Waals surface area contributed by atoms with Crippen molar-refractivity contribution < 1.29 is 19.0 Å². The lowest BCUT2D eigenvalue weighted by Gasteiger charge is -2.27. The largest absolute Gasteiger partial charge is 0.470 e. The number of unbranched alkanes of at least 4 members (excludes halogenated alkanes) is 1. The van der Waals surface area contributed by atoms with E-state index in [9.17, 15) is 4.79 Å². The summed E-state index contributed by atoms with van der Waals surface area (Å²) < 4.78 is 25.5. The maximum atomic E-state index is 12.1. The van der Waals surface area contributed by atoms with Gasteiger partial charge in [0.25, 0.3) is 5.88 Å². The van der Waals surface area contributed by atoms with Crippen LogP contribution in [0.15, 0.2) is 0 Å². The topological polar surface area (TPSA) is 85.8 Å². The molecule has 0 radical (unpaired) electrons. The number of aromatic nitrogens is 2. The standard InChI is InChI=1S/C18H32N4O4S/c1-5-6-7-15(23)26-14(12-19-18(2,3)4)13-25-17-16(20-27-21-17)22-8-10-24-11-9-22/h14,19H,5-13H2,1-4H3/t14-/m0/s1. The van der Waals surface area contributed by atoms with E-state index in [-0.39, 0.29) is 24.2 Å². The molecule has 0 saturated carbocycles. The molecule has 9 heteroatoms. The molecular weight excluding hydrogens is 368 g/mol. The lowest BCUT2D eigenvalue weighted by atomic mass is 10.1. The normalized spacial score (nSPS) is 16.2. The second-order valence-corrected chi connectivity index (χ2v) is 8.18. The van der Waals surface area contributed by atoms with E-state index in [0.29, 0.717) is 32.1 Å². The number of rotatable bonds is 10. The van der Waals surface area contributed by atoms with Crippen LogP contribution in [0.25, 0.3) is 0 Å². The van der Waals surface area contributed by atoms with Crippen molar-refractivity contribution in [3.8, 4) is 5.88 Å². The SMILES string of the molecule is CCCCC(=O)O[C@@H](CNC(C)(C)C)COc1nsnc1N1CCOCC1. The molecule has 27 heavy (non-hydrogen) atoms. The zero-order chi connectivity index (χ0) is 19.7. The molecule has 1 aromatic heterocycles. The smallest absolute Gasteiger partial charge is 0.306 e. The first-order valence-electron chi connectivity index (χ1n) is 9.61. The molecule has 0 bridgehead atoms. The Hall–Kier alpha value is -1.45. The summed E-state index contributed by atoms with van der Waals surface area (Å²) in [5.41, 5.74) is -0.0742. The molecule has 2 rings (SSSR count). The van der Waals surface area contributed by atoms with Gasteiger partial charge < -0.3 is 24.4 Å². The number of hydrogen-bond acceptors (Lipinski definition) is 9. The minimum Gasteiger partial charge on any atom is -0.470 e. The Labute approximate surface area is 165 Å². The monoisotopic (exact) mass is 400 g/mol. The molecule has 1 aliphatic heterocycles. The number of carbonyl (C=O) groups excluding carboxylic acids is 1. The molecule has 1 aromatic rings. The third-order valence-corrected chi connectivity index (χ3v) is 4.55. The van der Waals surface area contributed by atoms with Crippen LogP contribution in [0.3, 0.4) is 0 Å². The first-order chi connectivity index (χ1) is 12.9. The number of esters is 1. The van der Waals surface area contributed by atoms with Crippen LogP contribution in [0.2, 0.25) is 0 Å². The fraction of sp³-hybridized carbons (Fsp3) is 0.833. The van der Waals surface area contributed by atoms with Gasteiger partial charge in [0.2, 0.25) is 5.82 Å². The van der Waals surface area contributed by atoms with Crippen molar-refractivity contribution in [2.24, 2.45) is 0 Å². The maximum Gasteiger partial charge on any atom is 0.306 e. The van der Waals surface area contributed by atoms with Crippen LogP contribution in [0.5, 0.6) is 5.88 Å². The van der Waals surface area contributed by atoms with Crippen molar-refractivity contribution in [1.29, 1.82) is 0 Å². The van der Waals surface area contributed by atoms with Crippen LogP contribution in [0.1, 0.15) is 47.0 Å². The second kappa shape index (κ2) is 10.8. The third-order valence-electron chi connectivity index (χ3n) is 4.05. The van der Waals surface area contributed by atoms with Gasteiger partial charge in [0, 0.05) is 31.6 Å². The Morgan fingerprint density at radius 1 is 1.33 bits per heavy atom. The molecule has 1 atom stereocenters. The molecule has 0 aromatic carbocycles. The van der Waals surface area contributed by atoms with Gasteiger partial charge in [-0.2, -0.15) is 4.37 Å². The van der Waals surface area contributed by atoms with Gasteiger partial charge in [-0.15, -0.1) is 4.37 Å². The summed E-state index contributed by atoms with van der Waals surface area (Å²) in [6.07, 6.45) is 1.84. The van der Waals surface area contributed by atoms with Crippen LogP contribution >= 0.6 is 11.7 Å². The Balaban J connectivity index is 1.93. The minimum absolute atomic E-state index is 0.0742. The van der Waals surface area contributed by atoms with E-state index in [1.165, 1.54) is 0 Å². The highest BCUT2D eigenvalue weighted by Gasteiger charge is 2.23. The highest BCUT2D eigenvalue weighted by atomic mass is 32.1. The molecule has 1 N–H and O–H groups in total. The number of ether oxygens (including phenoxy) is 3. The Bertz CT molecular complexity index is 570. The van der Waals surface area contributed by atoms with E-state index in [0.717, 1.165) is 43.5 Å². The number of carbonyl (C=O) groups is 1. The van der Waals surface area contributed by atoms with Gasteiger partial charge in [-0.05, 0) is 27.2 Å². The summed E-state index contributed by atoms with van der Waals surface area (Å²) in [6, 6.07) is 0. The third kappa shape index (κ3) is 7.98. The molecular formula is C18H32N4O4S. The molecule has 1 fully saturated rings. The number of hydrogen-bond donors (Lipinski definition) is 1. The van der Waals surface area contributed by atoms with Crippen molar-refractivity contribution in [1.82, 2.24) is 14.1 Å². The lowest BCUT2D eigenvalue weighted by molar-refractivity contribution is -0.150. The minimum atomic E-state index is -0.382. The number of anilines is 1. The molecule has 8 nitrogen and oxygen atoms in total. The predicted octanol–water partition coefficient (Wildman–Crippen LogP) is 2.24. The summed E-state index contributed by atoms with van der Waals surface area (Å²) in [4.78, 5) is 14.2. The van der Waals surface area contributed by atoms with E-state index in [1.807, 2.05) is 0 Å². The van der Waals surface area contributed by atoms with Gasteiger partial charge in [0.15, 0.2) is 0 Å². The zero-order valence-corrected chi connectivity index (χ0v) is 17.6. The van der Waals surface area contributed by atoms with Crippen LogP contribution in [0, 0.1) is 0 Å². The predicted molar refractivity (Wildman–Crippen MR) is 106 cm³/mol. The van der Waals surface area contributed by atoms with E-state index in [1.54, 1.807) is 0 Å². The highest BCUT2D eigenvalue weighted by Crippen LogP contribution is 2.26. The Kier molecular flexibility index (Phi) is 8.72. The number of nitrogens with zero attached hydrogens (tertiary/aromatic N) is 3. The van der Waals surface area contributed by atoms with Gasteiger partial charge in [-0.1, -0.05) is 13.3 Å². The van der Waals surface area contributed by atoms with Crippen molar-refractivity contribution in [3.05, 3.63) is 0 Å². The van der Waals surface area contributed by atoms with Gasteiger partial charge in [0.05, 0.1) is 24.9 Å². The summed E-state index contributed by atoms with van der Waals surface area (Å²) in [5.74, 6) is 1.04. The van der Waals surface area contributed by atoms with Gasteiger partial charge in [-0.3, -0.25) is 4.79 Å². The number of morpholine rings is 1. The van der Waals surface area contributed by atoms with E-state index >= 15 is 0 Å². The quantitative estimate of drug-likeness (QED) is 0.599. The Morgan fingerprint density at radius 2 is 2.07 bits per heavy atom. The molecule has 0 aliphatic carbocycles. The Morgan fingerprint density at radius 3 is 2.74 bits per heavy atom. The first-order valence-corrected chi connectivity index (χ1v) is 10.3. The maximum absolute atomic E-state index is 12.1. The molecule has 0 spiro atoms. The summed E-state index contributed by atoms with van der Waals surface area (Å²) >= 11 is 1.12. The van der Waals surface area contributed by atoms with Crippen LogP contribution in [-0.4, -0.2) is 65.8 Å². The van der Waals surface area contributed by atoms with Crippen LogP contribution < -0.4 is 15.0 Å². The average Bonchev–Trinajstić information content (AvgIpc) is 3.11. The molecule has 0 amide bonds. The zero-order valence-electron chi connectivity index (χ0n) is 16.8. The molecule has 1 aliphatic rings. The fourth-order valence-electron chi connectivity index (χ4n) is 2.53. The summed E-state index contributed by atoms with van der Waals surface area (Å²) in [7, 11) is 0. The highest BCUT2D eigenvalue weighted by molar-refractivity contribution is 6.99. The number of nitrogens with one attached hydrogen (secondary N) is 1. The van der Waals surface area contributed by atoms with Crippen molar-refractivity contribution in [3.63, 3.8) is 0 Å². The van der Waals surface area contributed by atoms with Gasteiger partial charge in [-0.25, -0.2) is 0 Å². The van der Waals surface area contributed by atoms with E-state index < -0.39 is 0 Å². The van der Waals surface area contributed by atoms with E-state index in [2.05, 4.69) is 46.7 Å². The lowest BCUT2D eigenvalue weighted by Crippen LogP contribution is -2.44. The molecule has 2 heterocycles. The molecule has 1 saturated heterocycles. The van der Waals surface area contributed by atoms with E-state index in [4.69, 9.17) is 14.2 Å². The van der Waals surface area contributed by atoms with Gasteiger partial charge in [0.1, 0.15) is 12.7 Å².